The lowest BCUT2D eigenvalue weighted by Gasteiger charge is -2.26. The lowest BCUT2D eigenvalue weighted by molar-refractivity contribution is 0.257. The van der Waals surface area contributed by atoms with E-state index in [0.29, 0.717) is 0 Å². The first kappa shape index (κ1) is 16.3. The molecule has 124 valence electrons. The summed E-state index contributed by atoms with van der Waals surface area (Å²) < 4.78 is 0. The van der Waals surface area contributed by atoms with Crippen molar-refractivity contribution in [3.05, 3.63) is 24.3 Å². The average molecular weight is 301 g/mol. The number of hydrogen-bond acceptors (Lipinski definition) is 0. The Morgan fingerprint density at radius 3 is 1.41 bits per heavy atom. The fraction of sp³-hybridized carbons (Fsp3) is 0.818. The van der Waals surface area contributed by atoms with Crippen molar-refractivity contribution in [1.29, 1.82) is 0 Å². The summed E-state index contributed by atoms with van der Waals surface area (Å²) in [6.45, 7) is 0. The first-order chi connectivity index (χ1) is 10.8. The van der Waals surface area contributed by atoms with Gasteiger partial charge in [0.15, 0.2) is 0 Å². The van der Waals surface area contributed by atoms with E-state index in [1.165, 1.54) is 103 Å². The second-order valence-corrected chi connectivity index (χ2v) is 8.55. The largest absolute Gasteiger partial charge is 0.0885 e. The maximum atomic E-state index is 2.39. The van der Waals surface area contributed by atoms with Gasteiger partial charge in [0.25, 0.3) is 0 Å². The van der Waals surface area contributed by atoms with E-state index in [1.807, 2.05) is 0 Å². The summed E-state index contributed by atoms with van der Waals surface area (Å²) >= 11 is 0. The first-order valence-corrected chi connectivity index (χ1v) is 10.1. The Bertz CT molecular complexity index is 351. The molecule has 0 heterocycles. The Morgan fingerprint density at radius 1 is 0.409 bits per heavy atom. The van der Waals surface area contributed by atoms with Gasteiger partial charge in [0.2, 0.25) is 0 Å². The number of hydrogen-bond donors (Lipinski definition) is 0. The predicted octanol–water partition coefficient (Wildman–Crippen LogP) is 7.35. The molecule has 0 aliphatic heterocycles. The minimum Gasteiger partial charge on any atom is -0.0885 e. The van der Waals surface area contributed by atoms with Crippen LogP contribution in [0.5, 0.6) is 0 Å². The molecule has 0 saturated heterocycles. The molecule has 2 spiro atoms. The molecular weight excluding hydrogens is 264 g/mol. The zero-order valence-corrected chi connectivity index (χ0v) is 14.6. The van der Waals surface area contributed by atoms with Gasteiger partial charge in [0, 0.05) is 0 Å². The van der Waals surface area contributed by atoms with Gasteiger partial charge in [0.1, 0.15) is 0 Å². The zero-order chi connectivity index (χ0) is 15.1. The van der Waals surface area contributed by atoms with Crippen LogP contribution >= 0.6 is 0 Å². The molecule has 22 heavy (non-hydrogen) atoms. The summed E-state index contributed by atoms with van der Waals surface area (Å²) in [6.07, 6.45) is 33.0. The van der Waals surface area contributed by atoms with Crippen LogP contribution in [0.3, 0.4) is 0 Å². The summed E-state index contributed by atoms with van der Waals surface area (Å²) in [5, 5.41) is 0. The average Bonchev–Trinajstić information content (AvgIpc) is 3.02. The normalized spacial score (nSPS) is 29.1. The van der Waals surface area contributed by atoms with Gasteiger partial charge < -0.3 is 0 Å². The fourth-order valence-electron chi connectivity index (χ4n) is 5.40. The topological polar surface area (TPSA) is 0 Å². The molecular formula is C22H36. The van der Waals surface area contributed by atoms with Crippen molar-refractivity contribution in [2.24, 2.45) is 10.8 Å². The van der Waals surface area contributed by atoms with Crippen LogP contribution in [0.1, 0.15) is 103 Å². The van der Waals surface area contributed by atoms with Crippen molar-refractivity contribution in [2.75, 3.05) is 0 Å². The molecule has 4 aliphatic rings. The Kier molecular flexibility index (Phi) is 5.83. The highest BCUT2D eigenvalue weighted by molar-refractivity contribution is 5.03. The summed E-state index contributed by atoms with van der Waals surface area (Å²) in [7, 11) is 0. The van der Waals surface area contributed by atoms with E-state index in [1.54, 1.807) is 0 Å². The van der Waals surface area contributed by atoms with Gasteiger partial charge in [-0.05, 0) is 75.0 Å². The maximum Gasteiger partial charge on any atom is -0.0228 e. The minimum atomic E-state index is 0.747. The summed E-state index contributed by atoms with van der Waals surface area (Å²) in [4.78, 5) is 0. The number of allylic oxidation sites excluding steroid dienone is 4. The third-order valence-electron chi connectivity index (χ3n) is 6.95. The van der Waals surface area contributed by atoms with Gasteiger partial charge in [-0.1, -0.05) is 62.8 Å². The van der Waals surface area contributed by atoms with Crippen LogP contribution in [0.2, 0.25) is 0 Å². The van der Waals surface area contributed by atoms with Crippen molar-refractivity contribution in [3.63, 3.8) is 0 Å². The van der Waals surface area contributed by atoms with Crippen molar-refractivity contribution < 1.29 is 0 Å². The van der Waals surface area contributed by atoms with E-state index >= 15 is 0 Å². The summed E-state index contributed by atoms with van der Waals surface area (Å²) in [6, 6.07) is 0. The fourth-order valence-corrected chi connectivity index (χ4v) is 5.40. The molecule has 2 fully saturated rings. The molecule has 4 aliphatic carbocycles. The summed E-state index contributed by atoms with van der Waals surface area (Å²) in [5.41, 5.74) is 1.54. The van der Waals surface area contributed by atoms with Crippen molar-refractivity contribution in [1.82, 2.24) is 0 Å². The van der Waals surface area contributed by atoms with E-state index in [0.717, 1.165) is 10.8 Å². The lowest BCUT2D eigenvalue weighted by Crippen LogP contribution is -2.14. The molecule has 0 aromatic heterocycles. The Hall–Kier alpha value is -0.520. The van der Waals surface area contributed by atoms with E-state index in [2.05, 4.69) is 24.3 Å². The molecule has 0 nitrogen and oxygen atoms in total. The molecule has 0 aromatic rings. The van der Waals surface area contributed by atoms with Crippen molar-refractivity contribution in [3.8, 4) is 0 Å². The highest BCUT2D eigenvalue weighted by Crippen LogP contribution is 2.47. The van der Waals surface area contributed by atoms with Crippen molar-refractivity contribution >= 4 is 0 Å². The van der Waals surface area contributed by atoms with Gasteiger partial charge in [-0.3, -0.25) is 0 Å². The van der Waals surface area contributed by atoms with Gasteiger partial charge in [-0.15, -0.1) is 0 Å². The minimum absolute atomic E-state index is 0.747. The highest BCUT2D eigenvalue weighted by atomic mass is 14.4. The van der Waals surface area contributed by atoms with Gasteiger partial charge in [-0.25, -0.2) is 0 Å². The van der Waals surface area contributed by atoms with Crippen molar-refractivity contribution in [2.45, 2.75) is 103 Å². The van der Waals surface area contributed by atoms with Crippen LogP contribution in [-0.2, 0) is 0 Å². The molecule has 0 aromatic carbocycles. The monoisotopic (exact) mass is 300 g/mol. The molecule has 0 heteroatoms. The maximum absolute atomic E-state index is 2.39. The molecule has 0 N–H and O–H groups in total. The van der Waals surface area contributed by atoms with E-state index in [-0.39, 0.29) is 0 Å². The van der Waals surface area contributed by atoms with Crippen LogP contribution in [0.25, 0.3) is 0 Å². The van der Waals surface area contributed by atoms with E-state index < -0.39 is 0 Å². The molecule has 0 bridgehead atoms. The number of rotatable bonds is 0. The molecule has 0 radical (unpaired) electrons. The zero-order valence-electron chi connectivity index (χ0n) is 14.6. The van der Waals surface area contributed by atoms with E-state index in [4.69, 9.17) is 0 Å². The second kappa shape index (κ2) is 7.84. The van der Waals surface area contributed by atoms with Crippen LogP contribution in [0.15, 0.2) is 24.3 Å². The molecule has 4 rings (SSSR count). The first-order valence-electron chi connectivity index (χ1n) is 10.1. The van der Waals surface area contributed by atoms with Crippen LogP contribution in [0, 0.1) is 10.8 Å². The van der Waals surface area contributed by atoms with Gasteiger partial charge >= 0.3 is 0 Å². The molecule has 0 unspecified atom stereocenters. The highest BCUT2D eigenvalue weighted by Gasteiger charge is 2.32. The van der Waals surface area contributed by atoms with Crippen LogP contribution in [-0.4, -0.2) is 0 Å². The SMILES string of the molecule is C1=CCC2(C1)CCCCCC2.C1=CCCC2(CC1)CCCC2. The molecule has 2 saturated carbocycles. The third kappa shape index (κ3) is 4.27. The molecule has 0 amide bonds. The predicted molar refractivity (Wildman–Crippen MR) is 97.0 cm³/mol. The smallest absolute Gasteiger partial charge is 0.0228 e. The summed E-state index contributed by atoms with van der Waals surface area (Å²) in [5.74, 6) is 0. The van der Waals surface area contributed by atoms with Gasteiger partial charge in [0.05, 0.1) is 0 Å². The third-order valence-corrected chi connectivity index (χ3v) is 6.95. The lowest BCUT2D eigenvalue weighted by atomic mass is 9.78. The van der Waals surface area contributed by atoms with Gasteiger partial charge in [-0.2, -0.15) is 0 Å². The Balaban J connectivity index is 0.000000131. The Morgan fingerprint density at radius 2 is 0.864 bits per heavy atom. The van der Waals surface area contributed by atoms with Crippen LogP contribution < -0.4 is 0 Å². The Labute approximate surface area is 138 Å². The molecule has 0 atom stereocenters. The van der Waals surface area contributed by atoms with Crippen LogP contribution in [0.4, 0.5) is 0 Å². The second-order valence-electron chi connectivity index (χ2n) is 8.55. The van der Waals surface area contributed by atoms with E-state index in [9.17, 15) is 0 Å². The standard InChI is InChI=1S/2C11H18/c2*1-2-4-8-11(7-3-1)9-5-6-10-11/h5-6H,1-4,7-10H2;1-2H,3-10H2. The quantitative estimate of drug-likeness (QED) is 0.410.